The summed E-state index contributed by atoms with van der Waals surface area (Å²) in [6.45, 7) is 4.22. The summed E-state index contributed by atoms with van der Waals surface area (Å²) in [6.07, 6.45) is 6.55. The number of allylic oxidation sites excluding steroid dienone is 2. The maximum Gasteiger partial charge on any atom is 0.224 e. The van der Waals surface area contributed by atoms with Crippen molar-refractivity contribution < 1.29 is 4.79 Å². The fourth-order valence-electron chi connectivity index (χ4n) is 3.12. The molecule has 2 N–H and O–H groups in total. The molecule has 2 aliphatic carbocycles. The maximum absolute atomic E-state index is 11.5. The van der Waals surface area contributed by atoms with Crippen LogP contribution in [0.4, 0.5) is 0 Å². The van der Waals surface area contributed by atoms with Gasteiger partial charge in [-0.05, 0) is 30.6 Å². The summed E-state index contributed by atoms with van der Waals surface area (Å²) in [5.74, 6) is 1.29. The molecule has 1 amide bonds. The second-order valence-corrected chi connectivity index (χ2v) is 4.75. The summed E-state index contributed by atoms with van der Waals surface area (Å²) in [7, 11) is 0. The molecule has 0 spiro atoms. The van der Waals surface area contributed by atoms with Crippen LogP contribution in [-0.4, -0.2) is 5.91 Å². The highest BCUT2D eigenvalue weighted by Crippen LogP contribution is 2.55. The van der Waals surface area contributed by atoms with Crippen LogP contribution in [0.5, 0.6) is 0 Å². The average molecular weight is 179 g/mol. The largest absolute Gasteiger partial charge is 0.369 e. The molecule has 2 heteroatoms. The van der Waals surface area contributed by atoms with Crippen molar-refractivity contribution in [2.75, 3.05) is 0 Å². The highest BCUT2D eigenvalue weighted by atomic mass is 16.1. The van der Waals surface area contributed by atoms with Gasteiger partial charge in [0.1, 0.15) is 0 Å². The number of hydrogen-bond acceptors (Lipinski definition) is 1. The van der Waals surface area contributed by atoms with E-state index < -0.39 is 0 Å². The van der Waals surface area contributed by atoms with Crippen LogP contribution in [0.2, 0.25) is 0 Å². The van der Waals surface area contributed by atoms with Gasteiger partial charge >= 0.3 is 0 Å². The number of carbonyl (C=O) groups is 1. The fraction of sp³-hybridized carbons (Fsp3) is 0.727. The standard InChI is InChI=1S/C11H17NO/c1-7(2)11(10(12)13)6-8-3-4-9(11)5-8/h3-4,7-9H,5-6H2,1-2H3,(H2,12,13). The number of primary amides is 1. The molecule has 2 bridgehead atoms. The third-order valence-electron chi connectivity index (χ3n) is 3.92. The van der Waals surface area contributed by atoms with Gasteiger partial charge in [0.15, 0.2) is 0 Å². The number of hydrogen-bond donors (Lipinski definition) is 1. The summed E-state index contributed by atoms with van der Waals surface area (Å²) in [4.78, 5) is 11.5. The smallest absolute Gasteiger partial charge is 0.224 e. The molecule has 72 valence electrons. The van der Waals surface area contributed by atoms with Crippen molar-refractivity contribution >= 4 is 5.91 Å². The first kappa shape index (κ1) is 8.79. The van der Waals surface area contributed by atoms with E-state index in [9.17, 15) is 4.79 Å². The number of rotatable bonds is 2. The first-order chi connectivity index (χ1) is 6.07. The Morgan fingerprint density at radius 3 is 2.46 bits per heavy atom. The third-order valence-corrected chi connectivity index (χ3v) is 3.92. The molecule has 0 radical (unpaired) electrons. The van der Waals surface area contributed by atoms with Gasteiger partial charge in [0, 0.05) is 0 Å². The predicted octanol–water partition coefficient (Wildman–Crippen LogP) is 1.71. The van der Waals surface area contributed by atoms with E-state index in [1.165, 1.54) is 0 Å². The van der Waals surface area contributed by atoms with Crippen molar-refractivity contribution in [3.05, 3.63) is 12.2 Å². The van der Waals surface area contributed by atoms with E-state index in [0.29, 0.717) is 17.8 Å². The first-order valence-electron chi connectivity index (χ1n) is 5.05. The van der Waals surface area contributed by atoms with Gasteiger partial charge in [0.25, 0.3) is 0 Å². The topological polar surface area (TPSA) is 43.1 Å². The van der Waals surface area contributed by atoms with E-state index in [1.807, 2.05) is 0 Å². The molecule has 0 aromatic heterocycles. The second kappa shape index (κ2) is 2.60. The Morgan fingerprint density at radius 1 is 1.54 bits per heavy atom. The molecule has 2 aliphatic rings. The molecule has 2 rings (SSSR count). The fourth-order valence-corrected chi connectivity index (χ4v) is 3.12. The Bertz CT molecular complexity index is 269. The number of fused-ring (bicyclic) bond motifs is 2. The quantitative estimate of drug-likeness (QED) is 0.644. The lowest BCUT2D eigenvalue weighted by molar-refractivity contribution is -0.132. The van der Waals surface area contributed by atoms with Gasteiger partial charge in [-0.1, -0.05) is 26.0 Å². The van der Waals surface area contributed by atoms with Crippen molar-refractivity contribution in [2.24, 2.45) is 28.9 Å². The van der Waals surface area contributed by atoms with E-state index in [0.717, 1.165) is 12.8 Å². The van der Waals surface area contributed by atoms with Crippen molar-refractivity contribution in [1.82, 2.24) is 0 Å². The molecular formula is C11H17NO. The number of nitrogens with two attached hydrogens (primary N) is 1. The molecule has 1 fully saturated rings. The molecule has 2 nitrogen and oxygen atoms in total. The lowest BCUT2D eigenvalue weighted by Crippen LogP contribution is -2.44. The summed E-state index contributed by atoms with van der Waals surface area (Å²) >= 11 is 0. The maximum atomic E-state index is 11.5. The Labute approximate surface area is 79.2 Å². The summed E-state index contributed by atoms with van der Waals surface area (Å²) in [6, 6.07) is 0. The highest BCUT2D eigenvalue weighted by molar-refractivity contribution is 5.82. The van der Waals surface area contributed by atoms with Gasteiger partial charge in [-0.15, -0.1) is 0 Å². The zero-order valence-electron chi connectivity index (χ0n) is 8.29. The molecular weight excluding hydrogens is 162 g/mol. The van der Waals surface area contributed by atoms with Crippen LogP contribution in [0.3, 0.4) is 0 Å². The molecule has 0 aliphatic heterocycles. The first-order valence-corrected chi connectivity index (χ1v) is 5.05. The zero-order valence-corrected chi connectivity index (χ0v) is 8.29. The van der Waals surface area contributed by atoms with Crippen LogP contribution < -0.4 is 5.73 Å². The van der Waals surface area contributed by atoms with Crippen molar-refractivity contribution in [3.63, 3.8) is 0 Å². The predicted molar refractivity (Wildman–Crippen MR) is 51.8 cm³/mol. The summed E-state index contributed by atoms with van der Waals surface area (Å²) in [5.41, 5.74) is 5.31. The number of carbonyl (C=O) groups excluding carboxylic acids is 1. The molecule has 0 aromatic rings. The minimum atomic E-state index is -0.237. The lowest BCUT2D eigenvalue weighted by atomic mass is 9.67. The molecule has 0 aromatic carbocycles. The van der Waals surface area contributed by atoms with Crippen LogP contribution >= 0.6 is 0 Å². The van der Waals surface area contributed by atoms with Crippen LogP contribution in [0, 0.1) is 23.2 Å². The van der Waals surface area contributed by atoms with Crippen LogP contribution in [-0.2, 0) is 4.79 Å². The van der Waals surface area contributed by atoms with Gasteiger partial charge in [-0.2, -0.15) is 0 Å². The molecule has 0 heterocycles. The third kappa shape index (κ3) is 0.976. The van der Waals surface area contributed by atoms with Gasteiger partial charge in [0.2, 0.25) is 5.91 Å². The Morgan fingerprint density at radius 2 is 2.23 bits per heavy atom. The van der Waals surface area contributed by atoms with Crippen LogP contribution in [0.15, 0.2) is 12.2 Å². The molecule has 3 unspecified atom stereocenters. The molecule has 1 saturated carbocycles. The average Bonchev–Trinajstić information content (AvgIpc) is 2.61. The minimum Gasteiger partial charge on any atom is -0.369 e. The Hall–Kier alpha value is -0.790. The lowest BCUT2D eigenvalue weighted by Gasteiger charge is -2.36. The van der Waals surface area contributed by atoms with Crippen molar-refractivity contribution in [3.8, 4) is 0 Å². The van der Waals surface area contributed by atoms with Crippen LogP contribution in [0.1, 0.15) is 26.7 Å². The minimum absolute atomic E-state index is 0.0978. The highest BCUT2D eigenvalue weighted by Gasteiger charge is 2.53. The number of amides is 1. The Kier molecular flexibility index (Phi) is 1.76. The zero-order chi connectivity index (χ0) is 9.64. The van der Waals surface area contributed by atoms with E-state index >= 15 is 0 Å². The Balaban J connectivity index is 2.36. The van der Waals surface area contributed by atoms with Gasteiger partial charge in [-0.3, -0.25) is 4.79 Å². The SMILES string of the molecule is CC(C)C1(C(N)=O)CC2C=CC1C2. The van der Waals surface area contributed by atoms with E-state index in [2.05, 4.69) is 26.0 Å². The van der Waals surface area contributed by atoms with Gasteiger partial charge < -0.3 is 5.73 Å². The summed E-state index contributed by atoms with van der Waals surface area (Å²) < 4.78 is 0. The van der Waals surface area contributed by atoms with Gasteiger partial charge in [0.05, 0.1) is 5.41 Å². The van der Waals surface area contributed by atoms with Crippen molar-refractivity contribution in [1.29, 1.82) is 0 Å². The van der Waals surface area contributed by atoms with E-state index in [-0.39, 0.29) is 11.3 Å². The van der Waals surface area contributed by atoms with Crippen molar-refractivity contribution in [2.45, 2.75) is 26.7 Å². The van der Waals surface area contributed by atoms with Gasteiger partial charge in [-0.25, -0.2) is 0 Å². The second-order valence-electron chi connectivity index (χ2n) is 4.75. The van der Waals surface area contributed by atoms with Crippen LogP contribution in [0.25, 0.3) is 0 Å². The van der Waals surface area contributed by atoms with E-state index in [1.54, 1.807) is 0 Å². The summed E-state index contributed by atoms with van der Waals surface area (Å²) in [5, 5.41) is 0. The monoisotopic (exact) mass is 179 g/mol. The normalized spacial score (nSPS) is 41.8. The van der Waals surface area contributed by atoms with E-state index in [4.69, 9.17) is 5.73 Å². The molecule has 13 heavy (non-hydrogen) atoms. The molecule has 3 atom stereocenters. The molecule has 0 saturated heterocycles.